The Balaban J connectivity index is 2.01. The highest BCUT2D eigenvalue weighted by Crippen LogP contribution is 2.17. The number of anilines is 1. The van der Waals surface area contributed by atoms with Gasteiger partial charge in [-0.05, 0) is 37.6 Å². The van der Waals surface area contributed by atoms with E-state index < -0.39 is 5.97 Å². The minimum absolute atomic E-state index is 0.0224. The number of hydrogen-bond donors (Lipinski definition) is 2. The van der Waals surface area contributed by atoms with Gasteiger partial charge in [-0.15, -0.1) is 11.8 Å². The van der Waals surface area contributed by atoms with Crippen LogP contribution in [0.25, 0.3) is 0 Å². The molecule has 0 radical (unpaired) electrons. The van der Waals surface area contributed by atoms with E-state index in [4.69, 9.17) is 9.84 Å². The minimum Gasteiger partial charge on any atom is -0.481 e. The SMILES string of the molecule is CC(C)Oc1cccc(C(=O)Nc2cccc(CSCC(=O)O)c2)n1. The fourth-order valence-corrected chi connectivity index (χ4v) is 2.73. The van der Waals surface area contributed by atoms with Gasteiger partial charge < -0.3 is 15.2 Å². The number of carboxylic acids is 1. The molecule has 132 valence electrons. The van der Waals surface area contributed by atoms with Gasteiger partial charge in [0.2, 0.25) is 5.88 Å². The third-order valence-electron chi connectivity index (χ3n) is 2.99. The maximum absolute atomic E-state index is 12.4. The largest absolute Gasteiger partial charge is 0.481 e. The smallest absolute Gasteiger partial charge is 0.313 e. The Hall–Kier alpha value is -2.54. The Morgan fingerprint density at radius 1 is 1.24 bits per heavy atom. The van der Waals surface area contributed by atoms with Crippen molar-refractivity contribution in [2.24, 2.45) is 0 Å². The van der Waals surface area contributed by atoms with Crippen LogP contribution in [0.3, 0.4) is 0 Å². The number of amides is 1. The number of carboxylic acid groups (broad SMARTS) is 1. The van der Waals surface area contributed by atoms with Crippen molar-refractivity contribution >= 4 is 29.3 Å². The molecule has 1 aromatic heterocycles. The number of benzene rings is 1. The van der Waals surface area contributed by atoms with Crippen molar-refractivity contribution in [2.45, 2.75) is 25.7 Å². The quantitative estimate of drug-likeness (QED) is 0.750. The first-order chi connectivity index (χ1) is 11.9. The van der Waals surface area contributed by atoms with Gasteiger partial charge in [-0.1, -0.05) is 18.2 Å². The minimum atomic E-state index is -0.843. The predicted octanol–water partition coefficient (Wildman–Crippen LogP) is 3.44. The molecule has 0 saturated carbocycles. The molecular formula is C18H20N2O4S. The number of nitrogens with one attached hydrogen (secondary N) is 1. The second kappa shape index (κ2) is 9.08. The fourth-order valence-electron chi connectivity index (χ4n) is 2.04. The molecule has 1 aromatic carbocycles. The normalized spacial score (nSPS) is 10.5. The monoisotopic (exact) mass is 360 g/mol. The van der Waals surface area contributed by atoms with Crippen molar-refractivity contribution in [3.05, 3.63) is 53.7 Å². The van der Waals surface area contributed by atoms with Gasteiger partial charge in [0, 0.05) is 17.5 Å². The van der Waals surface area contributed by atoms with E-state index in [0.717, 1.165) is 5.56 Å². The van der Waals surface area contributed by atoms with Crippen LogP contribution in [-0.4, -0.2) is 33.8 Å². The summed E-state index contributed by atoms with van der Waals surface area (Å²) >= 11 is 1.30. The fraction of sp³-hybridized carbons (Fsp3) is 0.278. The lowest BCUT2D eigenvalue weighted by Crippen LogP contribution is -2.15. The molecule has 0 fully saturated rings. The van der Waals surface area contributed by atoms with Gasteiger partial charge in [0.15, 0.2) is 0 Å². The van der Waals surface area contributed by atoms with E-state index in [0.29, 0.717) is 17.3 Å². The number of carbonyl (C=O) groups is 2. The van der Waals surface area contributed by atoms with Gasteiger partial charge >= 0.3 is 5.97 Å². The van der Waals surface area contributed by atoms with Gasteiger partial charge in [-0.3, -0.25) is 9.59 Å². The number of rotatable bonds is 8. The molecule has 25 heavy (non-hydrogen) atoms. The number of thioether (sulfide) groups is 1. The summed E-state index contributed by atoms with van der Waals surface area (Å²) in [7, 11) is 0. The first-order valence-electron chi connectivity index (χ1n) is 7.77. The second-order valence-corrected chi connectivity index (χ2v) is 6.55. The standard InChI is InChI=1S/C18H20N2O4S/c1-12(2)24-16-8-4-7-15(20-16)18(23)19-14-6-3-5-13(9-14)10-25-11-17(21)22/h3-9,12H,10-11H2,1-2H3,(H,19,23)(H,21,22). The van der Waals surface area contributed by atoms with Crippen molar-refractivity contribution in [1.29, 1.82) is 0 Å². The summed E-state index contributed by atoms with van der Waals surface area (Å²) in [5.74, 6) is -0.162. The number of ether oxygens (including phenoxy) is 1. The average molecular weight is 360 g/mol. The van der Waals surface area contributed by atoms with Crippen LogP contribution in [0.4, 0.5) is 5.69 Å². The molecule has 0 spiro atoms. The number of carbonyl (C=O) groups excluding carboxylic acids is 1. The molecule has 0 aliphatic carbocycles. The zero-order valence-electron chi connectivity index (χ0n) is 14.1. The maximum atomic E-state index is 12.4. The van der Waals surface area contributed by atoms with Crippen molar-refractivity contribution in [1.82, 2.24) is 4.98 Å². The number of nitrogens with zero attached hydrogens (tertiary/aromatic N) is 1. The number of hydrogen-bond acceptors (Lipinski definition) is 5. The Morgan fingerprint density at radius 2 is 2.00 bits per heavy atom. The Bertz CT molecular complexity index is 749. The number of aliphatic carboxylic acids is 1. The zero-order valence-corrected chi connectivity index (χ0v) is 14.9. The van der Waals surface area contributed by atoms with Crippen molar-refractivity contribution in [3.63, 3.8) is 0 Å². The van der Waals surface area contributed by atoms with Crippen LogP contribution in [0.1, 0.15) is 29.9 Å². The van der Waals surface area contributed by atoms with E-state index in [1.165, 1.54) is 11.8 Å². The van der Waals surface area contributed by atoms with E-state index in [9.17, 15) is 9.59 Å². The van der Waals surface area contributed by atoms with Crippen molar-refractivity contribution in [3.8, 4) is 5.88 Å². The molecule has 0 saturated heterocycles. The van der Waals surface area contributed by atoms with Crippen molar-refractivity contribution < 1.29 is 19.4 Å². The third kappa shape index (κ3) is 6.46. The molecule has 1 amide bonds. The van der Waals surface area contributed by atoms with Crippen LogP contribution < -0.4 is 10.1 Å². The van der Waals surface area contributed by atoms with Crippen LogP contribution in [-0.2, 0) is 10.5 Å². The molecule has 0 atom stereocenters. The van der Waals surface area contributed by atoms with Crippen molar-refractivity contribution in [2.75, 3.05) is 11.1 Å². The lowest BCUT2D eigenvalue weighted by Gasteiger charge is -2.10. The topological polar surface area (TPSA) is 88.5 Å². The summed E-state index contributed by atoms with van der Waals surface area (Å²) < 4.78 is 5.50. The van der Waals surface area contributed by atoms with Crippen LogP contribution in [0.2, 0.25) is 0 Å². The molecule has 6 nitrogen and oxygen atoms in total. The van der Waals surface area contributed by atoms with Gasteiger partial charge in [-0.25, -0.2) is 4.98 Å². The summed E-state index contributed by atoms with van der Waals surface area (Å²) in [6.07, 6.45) is -0.0224. The van der Waals surface area contributed by atoms with E-state index in [-0.39, 0.29) is 23.5 Å². The first kappa shape index (κ1) is 18.8. The average Bonchev–Trinajstić information content (AvgIpc) is 2.54. The Morgan fingerprint density at radius 3 is 2.72 bits per heavy atom. The molecule has 7 heteroatoms. The molecule has 0 bridgehead atoms. The summed E-state index contributed by atoms with van der Waals surface area (Å²) in [5.41, 5.74) is 1.84. The van der Waals surface area contributed by atoms with Crippen LogP contribution in [0.5, 0.6) is 5.88 Å². The van der Waals surface area contributed by atoms with Crippen LogP contribution in [0, 0.1) is 0 Å². The summed E-state index contributed by atoms with van der Waals surface area (Å²) in [6.45, 7) is 3.78. The third-order valence-corrected chi connectivity index (χ3v) is 3.98. The second-order valence-electron chi connectivity index (χ2n) is 5.57. The van der Waals surface area contributed by atoms with E-state index in [2.05, 4.69) is 10.3 Å². The summed E-state index contributed by atoms with van der Waals surface area (Å²) in [6, 6.07) is 12.3. The Kier molecular flexibility index (Phi) is 6.82. The summed E-state index contributed by atoms with van der Waals surface area (Å²) in [5, 5.41) is 11.5. The molecule has 0 aliphatic rings. The van der Waals surface area contributed by atoms with E-state index >= 15 is 0 Å². The highest BCUT2D eigenvalue weighted by Gasteiger charge is 2.10. The van der Waals surface area contributed by atoms with E-state index in [1.807, 2.05) is 32.0 Å². The lowest BCUT2D eigenvalue weighted by molar-refractivity contribution is -0.133. The first-order valence-corrected chi connectivity index (χ1v) is 8.93. The highest BCUT2D eigenvalue weighted by molar-refractivity contribution is 7.99. The molecular weight excluding hydrogens is 340 g/mol. The predicted molar refractivity (Wildman–Crippen MR) is 98.2 cm³/mol. The van der Waals surface area contributed by atoms with Gasteiger partial charge in [0.1, 0.15) is 5.69 Å². The molecule has 2 rings (SSSR count). The molecule has 0 aliphatic heterocycles. The van der Waals surface area contributed by atoms with E-state index in [1.54, 1.807) is 24.3 Å². The van der Waals surface area contributed by atoms with Gasteiger partial charge in [0.25, 0.3) is 5.91 Å². The maximum Gasteiger partial charge on any atom is 0.313 e. The molecule has 2 aromatic rings. The highest BCUT2D eigenvalue weighted by atomic mass is 32.2. The number of aromatic nitrogens is 1. The Labute approximate surface area is 150 Å². The number of pyridine rings is 1. The van der Waals surface area contributed by atoms with Crippen LogP contribution >= 0.6 is 11.8 Å². The zero-order chi connectivity index (χ0) is 18.2. The molecule has 0 unspecified atom stereocenters. The molecule has 1 heterocycles. The van der Waals surface area contributed by atoms with Gasteiger partial charge in [-0.2, -0.15) is 0 Å². The van der Waals surface area contributed by atoms with Gasteiger partial charge in [0.05, 0.1) is 11.9 Å². The summed E-state index contributed by atoms with van der Waals surface area (Å²) in [4.78, 5) is 27.1. The lowest BCUT2D eigenvalue weighted by atomic mass is 10.2. The molecule has 2 N–H and O–H groups in total. The van der Waals surface area contributed by atoms with Crippen LogP contribution in [0.15, 0.2) is 42.5 Å².